The van der Waals surface area contributed by atoms with Gasteiger partial charge in [-0.25, -0.2) is 9.97 Å². The van der Waals surface area contributed by atoms with E-state index >= 15 is 0 Å². The standard InChI is InChI=1S/C20H24N4O2S2/c1-3-14(26-7-1)11-21-19-18-15(16-4-2-10-27-16)13-28-20(18)23-17(22-19)12-24-5-8-25-9-6-24/h2,4,10,13-14H,1,3,5-9,11-12H2,(H,21,22,23)/p+1/t14-/m1/s1. The number of hydrogen-bond donors (Lipinski definition) is 2. The molecule has 5 heterocycles. The highest BCUT2D eigenvalue weighted by Crippen LogP contribution is 2.38. The molecule has 2 N–H and O–H groups in total. The first kappa shape index (κ1) is 18.4. The molecule has 0 unspecified atom stereocenters. The SMILES string of the molecule is c1csc(-c2csc3nc(C[NH+]4CCOCC4)nc(NC[C@H]4CCCO4)c23)c1. The fourth-order valence-electron chi connectivity index (χ4n) is 3.88. The third-order valence-corrected chi connectivity index (χ3v) is 7.17. The van der Waals surface area contributed by atoms with Crippen LogP contribution < -0.4 is 10.2 Å². The molecule has 3 aromatic rings. The molecule has 3 aromatic heterocycles. The van der Waals surface area contributed by atoms with Crippen molar-refractivity contribution in [3.8, 4) is 10.4 Å². The number of fused-ring (bicyclic) bond motifs is 1. The molecule has 1 atom stereocenters. The van der Waals surface area contributed by atoms with Crippen LogP contribution in [0.3, 0.4) is 0 Å². The second-order valence-corrected chi connectivity index (χ2v) is 9.16. The van der Waals surface area contributed by atoms with Gasteiger partial charge in [-0.2, -0.15) is 0 Å². The molecule has 28 heavy (non-hydrogen) atoms. The second kappa shape index (κ2) is 8.42. The van der Waals surface area contributed by atoms with Crippen molar-refractivity contribution >= 4 is 38.7 Å². The van der Waals surface area contributed by atoms with Crippen LogP contribution >= 0.6 is 22.7 Å². The zero-order valence-corrected chi connectivity index (χ0v) is 17.4. The van der Waals surface area contributed by atoms with Crippen LogP contribution in [0.2, 0.25) is 0 Å². The lowest BCUT2D eigenvalue weighted by molar-refractivity contribution is -0.922. The Bertz CT molecular complexity index is 916. The van der Waals surface area contributed by atoms with Crippen molar-refractivity contribution in [3.63, 3.8) is 0 Å². The number of ether oxygens (including phenoxy) is 2. The predicted molar refractivity (Wildman–Crippen MR) is 113 cm³/mol. The maximum atomic E-state index is 5.80. The molecule has 148 valence electrons. The zero-order valence-electron chi connectivity index (χ0n) is 15.8. The number of rotatable bonds is 6. The van der Waals surface area contributed by atoms with Gasteiger partial charge in [-0.1, -0.05) is 6.07 Å². The smallest absolute Gasteiger partial charge is 0.187 e. The molecule has 0 bridgehead atoms. The van der Waals surface area contributed by atoms with Gasteiger partial charge in [0.1, 0.15) is 30.3 Å². The molecule has 2 saturated heterocycles. The lowest BCUT2D eigenvalue weighted by Gasteiger charge is -2.23. The summed E-state index contributed by atoms with van der Waals surface area (Å²) in [6.45, 7) is 6.20. The van der Waals surface area contributed by atoms with Gasteiger partial charge in [0, 0.05) is 29.0 Å². The number of nitrogens with zero attached hydrogens (tertiary/aromatic N) is 2. The van der Waals surface area contributed by atoms with Gasteiger partial charge in [0.15, 0.2) is 5.82 Å². The van der Waals surface area contributed by atoms with E-state index in [1.807, 2.05) is 0 Å². The van der Waals surface area contributed by atoms with Gasteiger partial charge in [0.05, 0.1) is 24.7 Å². The first-order valence-electron chi connectivity index (χ1n) is 9.95. The normalized spacial score (nSPS) is 20.8. The highest BCUT2D eigenvalue weighted by Gasteiger charge is 2.21. The molecule has 2 aliphatic heterocycles. The van der Waals surface area contributed by atoms with E-state index in [4.69, 9.17) is 19.4 Å². The minimum absolute atomic E-state index is 0.280. The summed E-state index contributed by atoms with van der Waals surface area (Å²) in [5.74, 6) is 1.87. The zero-order chi connectivity index (χ0) is 18.8. The monoisotopic (exact) mass is 417 g/mol. The number of anilines is 1. The summed E-state index contributed by atoms with van der Waals surface area (Å²) < 4.78 is 11.3. The van der Waals surface area contributed by atoms with E-state index < -0.39 is 0 Å². The summed E-state index contributed by atoms with van der Waals surface area (Å²) in [7, 11) is 0. The Kier molecular flexibility index (Phi) is 5.55. The van der Waals surface area contributed by atoms with Crippen LogP contribution in [0.25, 0.3) is 20.7 Å². The van der Waals surface area contributed by atoms with E-state index in [-0.39, 0.29) is 6.10 Å². The van der Waals surface area contributed by atoms with Crippen LogP contribution in [0.4, 0.5) is 5.82 Å². The van der Waals surface area contributed by atoms with Gasteiger partial charge < -0.3 is 19.7 Å². The quantitative estimate of drug-likeness (QED) is 0.645. The van der Waals surface area contributed by atoms with Crippen LogP contribution in [-0.4, -0.2) is 55.5 Å². The maximum Gasteiger partial charge on any atom is 0.187 e. The summed E-state index contributed by atoms with van der Waals surface area (Å²) in [6, 6.07) is 4.27. The average molecular weight is 418 g/mol. The van der Waals surface area contributed by atoms with Crippen molar-refractivity contribution in [2.24, 2.45) is 0 Å². The molecule has 5 rings (SSSR count). The molecule has 8 heteroatoms. The van der Waals surface area contributed by atoms with Gasteiger partial charge in [0.25, 0.3) is 0 Å². The number of thiophene rings is 2. The molecule has 0 radical (unpaired) electrons. The largest absolute Gasteiger partial charge is 0.376 e. The lowest BCUT2D eigenvalue weighted by atomic mass is 10.2. The fourth-order valence-corrected chi connectivity index (χ4v) is 5.66. The van der Waals surface area contributed by atoms with E-state index in [9.17, 15) is 0 Å². The second-order valence-electron chi connectivity index (χ2n) is 7.35. The van der Waals surface area contributed by atoms with Gasteiger partial charge >= 0.3 is 0 Å². The highest BCUT2D eigenvalue weighted by molar-refractivity contribution is 7.18. The van der Waals surface area contributed by atoms with Crippen molar-refractivity contribution in [1.82, 2.24) is 9.97 Å². The Labute approximate surface area is 172 Å². The van der Waals surface area contributed by atoms with Gasteiger partial charge in [0.2, 0.25) is 0 Å². The number of aromatic nitrogens is 2. The molecule has 0 spiro atoms. The maximum absolute atomic E-state index is 5.80. The van der Waals surface area contributed by atoms with Crippen molar-refractivity contribution in [1.29, 1.82) is 0 Å². The third kappa shape index (κ3) is 3.92. The highest BCUT2D eigenvalue weighted by atomic mass is 32.1. The van der Waals surface area contributed by atoms with Gasteiger partial charge in [-0.15, -0.1) is 22.7 Å². The van der Waals surface area contributed by atoms with Crippen molar-refractivity contribution < 1.29 is 14.4 Å². The number of morpholine rings is 1. The molecular formula is C20H25N4O2S2+. The number of quaternary nitrogens is 1. The summed E-state index contributed by atoms with van der Waals surface area (Å²) in [5.41, 5.74) is 1.23. The van der Waals surface area contributed by atoms with Crippen LogP contribution in [-0.2, 0) is 16.0 Å². The van der Waals surface area contributed by atoms with Crippen molar-refractivity contribution in [2.75, 3.05) is 44.8 Å². The van der Waals surface area contributed by atoms with Crippen LogP contribution in [0.5, 0.6) is 0 Å². The van der Waals surface area contributed by atoms with E-state index in [0.29, 0.717) is 0 Å². The molecule has 6 nitrogen and oxygen atoms in total. The van der Waals surface area contributed by atoms with Gasteiger partial charge in [-0.05, 0) is 24.3 Å². The van der Waals surface area contributed by atoms with Crippen LogP contribution in [0.1, 0.15) is 18.7 Å². The average Bonchev–Trinajstić information content (AvgIpc) is 3.47. The summed E-state index contributed by atoms with van der Waals surface area (Å²) in [5, 5.41) is 9.08. The Balaban J connectivity index is 1.48. The van der Waals surface area contributed by atoms with E-state index in [2.05, 4.69) is 28.2 Å². The Morgan fingerprint density at radius 1 is 1.18 bits per heavy atom. The number of nitrogens with one attached hydrogen (secondary N) is 2. The van der Waals surface area contributed by atoms with Crippen LogP contribution in [0.15, 0.2) is 22.9 Å². The van der Waals surface area contributed by atoms with E-state index in [1.165, 1.54) is 15.3 Å². The molecular weight excluding hydrogens is 392 g/mol. The number of hydrogen-bond acceptors (Lipinski definition) is 7. The molecule has 2 aliphatic rings. The summed E-state index contributed by atoms with van der Waals surface area (Å²) in [6.07, 6.45) is 2.55. The molecule has 0 aliphatic carbocycles. The topological polar surface area (TPSA) is 60.7 Å². The predicted octanol–water partition coefficient (Wildman–Crippen LogP) is 2.43. The van der Waals surface area contributed by atoms with Crippen molar-refractivity contribution in [2.45, 2.75) is 25.5 Å². The van der Waals surface area contributed by atoms with Gasteiger partial charge in [-0.3, -0.25) is 0 Å². The third-order valence-electron chi connectivity index (χ3n) is 5.40. The molecule has 0 aromatic carbocycles. The Morgan fingerprint density at radius 2 is 2.11 bits per heavy atom. The first-order chi connectivity index (χ1) is 13.9. The summed E-state index contributed by atoms with van der Waals surface area (Å²) >= 11 is 3.47. The van der Waals surface area contributed by atoms with Crippen molar-refractivity contribution in [3.05, 3.63) is 28.7 Å². The van der Waals surface area contributed by atoms with E-state index in [0.717, 1.165) is 80.7 Å². The Hall–Kier alpha value is -1.58. The lowest BCUT2D eigenvalue weighted by Crippen LogP contribution is -3.12. The molecule has 2 fully saturated rings. The van der Waals surface area contributed by atoms with Crippen LogP contribution in [0, 0.1) is 0 Å². The summed E-state index contributed by atoms with van der Waals surface area (Å²) in [4.78, 5) is 13.7. The minimum Gasteiger partial charge on any atom is -0.376 e. The minimum atomic E-state index is 0.280. The Morgan fingerprint density at radius 3 is 2.89 bits per heavy atom. The first-order valence-corrected chi connectivity index (χ1v) is 11.7. The molecule has 0 amide bonds. The fraction of sp³-hybridized carbons (Fsp3) is 0.500. The molecule has 0 saturated carbocycles. The van der Waals surface area contributed by atoms with E-state index in [1.54, 1.807) is 22.7 Å².